The van der Waals surface area contributed by atoms with Crippen molar-refractivity contribution in [1.29, 1.82) is 0 Å². The van der Waals surface area contributed by atoms with Crippen LogP contribution in [0, 0.1) is 5.92 Å². The summed E-state index contributed by atoms with van der Waals surface area (Å²) >= 11 is 0. The summed E-state index contributed by atoms with van der Waals surface area (Å²) in [7, 11) is 0. The highest BCUT2D eigenvalue weighted by Crippen LogP contribution is 2.14. The molecule has 1 aromatic carbocycles. The van der Waals surface area contributed by atoms with E-state index < -0.39 is 0 Å². The van der Waals surface area contributed by atoms with E-state index in [4.69, 9.17) is 20.1 Å². The van der Waals surface area contributed by atoms with Gasteiger partial charge in [-0.25, -0.2) is 5.84 Å². The molecule has 1 unspecified atom stereocenters. The first-order valence-electron chi connectivity index (χ1n) is 6.69. The molecule has 0 radical (unpaired) electrons. The second kappa shape index (κ2) is 7.84. The average Bonchev–Trinajstić information content (AvgIpc) is 2.99. The SMILES string of the molecule is NNC(=O)c1cccc(OCCOCC2CCOC2)c1. The predicted molar refractivity (Wildman–Crippen MR) is 73.3 cm³/mol. The summed E-state index contributed by atoms with van der Waals surface area (Å²) in [6, 6.07) is 6.85. The molecule has 20 heavy (non-hydrogen) atoms. The summed E-state index contributed by atoms with van der Waals surface area (Å²) in [5, 5.41) is 0. The molecule has 1 aliphatic heterocycles. The minimum absolute atomic E-state index is 0.340. The summed E-state index contributed by atoms with van der Waals surface area (Å²) < 4.78 is 16.3. The molecule has 1 amide bonds. The number of nitrogens with one attached hydrogen (secondary N) is 1. The van der Waals surface area contributed by atoms with Gasteiger partial charge in [-0.05, 0) is 24.6 Å². The van der Waals surface area contributed by atoms with Crippen LogP contribution in [-0.4, -0.2) is 38.9 Å². The van der Waals surface area contributed by atoms with Gasteiger partial charge in [0.2, 0.25) is 0 Å². The smallest absolute Gasteiger partial charge is 0.265 e. The normalized spacial score (nSPS) is 17.9. The van der Waals surface area contributed by atoms with Crippen molar-refractivity contribution in [2.75, 3.05) is 33.0 Å². The fraction of sp³-hybridized carbons (Fsp3) is 0.500. The Kier molecular flexibility index (Phi) is 5.79. The van der Waals surface area contributed by atoms with E-state index in [0.29, 0.717) is 37.1 Å². The van der Waals surface area contributed by atoms with E-state index in [-0.39, 0.29) is 5.91 Å². The first-order chi connectivity index (χ1) is 9.79. The van der Waals surface area contributed by atoms with Crippen LogP contribution in [0.3, 0.4) is 0 Å². The lowest BCUT2D eigenvalue weighted by atomic mass is 10.1. The van der Waals surface area contributed by atoms with Crippen LogP contribution in [-0.2, 0) is 9.47 Å². The number of benzene rings is 1. The molecule has 1 saturated heterocycles. The molecule has 3 N–H and O–H groups in total. The Labute approximate surface area is 118 Å². The lowest BCUT2D eigenvalue weighted by Gasteiger charge is -2.10. The fourth-order valence-electron chi connectivity index (χ4n) is 1.99. The number of carbonyl (C=O) groups excluding carboxylic acids is 1. The summed E-state index contributed by atoms with van der Waals surface area (Å²) in [5.41, 5.74) is 2.55. The summed E-state index contributed by atoms with van der Waals surface area (Å²) in [4.78, 5) is 11.4. The van der Waals surface area contributed by atoms with Crippen molar-refractivity contribution in [1.82, 2.24) is 5.43 Å². The monoisotopic (exact) mass is 280 g/mol. The van der Waals surface area contributed by atoms with E-state index in [0.717, 1.165) is 19.6 Å². The molecule has 2 rings (SSSR count). The first kappa shape index (κ1) is 14.8. The molecule has 6 heteroatoms. The molecule has 0 bridgehead atoms. The van der Waals surface area contributed by atoms with E-state index in [9.17, 15) is 4.79 Å². The van der Waals surface area contributed by atoms with E-state index in [1.165, 1.54) is 0 Å². The Balaban J connectivity index is 1.67. The highest BCUT2D eigenvalue weighted by Gasteiger charge is 2.15. The van der Waals surface area contributed by atoms with Gasteiger partial charge in [-0.3, -0.25) is 10.2 Å². The molecular weight excluding hydrogens is 260 g/mol. The molecule has 1 atom stereocenters. The maximum atomic E-state index is 11.4. The molecule has 0 aliphatic carbocycles. The standard InChI is InChI=1S/C14H20N2O4/c15-16-14(17)12-2-1-3-13(8-12)20-7-6-19-10-11-4-5-18-9-11/h1-3,8,11H,4-7,9-10,15H2,(H,16,17). The predicted octanol–water partition coefficient (Wildman–Crippen LogP) is 0.722. The number of ether oxygens (including phenoxy) is 3. The van der Waals surface area contributed by atoms with Gasteiger partial charge in [-0.15, -0.1) is 0 Å². The molecule has 0 spiro atoms. The van der Waals surface area contributed by atoms with Gasteiger partial charge in [0.25, 0.3) is 5.91 Å². The lowest BCUT2D eigenvalue weighted by molar-refractivity contribution is 0.0683. The third-order valence-electron chi connectivity index (χ3n) is 3.10. The molecule has 1 fully saturated rings. The summed E-state index contributed by atoms with van der Waals surface area (Å²) in [5.74, 6) is 5.87. The van der Waals surface area contributed by atoms with Crippen molar-refractivity contribution in [3.63, 3.8) is 0 Å². The Morgan fingerprint density at radius 2 is 2.35 bits per heavy atom. The second-order valence-electron chi connectivity index (χ2n) is 4.65. The van der Waals surface area contributed by atoms with Crippen LogP contribution in [0.2, 0.25) is 0 Å². The van der Waals surface area contributed by atoms with E-state index in [2.05, 4.69) is 5.43 Å². The molecule has 0 saturated carbocycles. The Bertz CT molecular complexity index is 433. The van der Waals surface area contributed by atoms with Gasteiger partial charge in [-0.1, -0.05) is 6.07 Å². The molecule has 1 aliphatic rings. The van der Waals surface area contributed by atoms with E-state index in [1.54, 1.807) is 24.3 Å². The number of hydrogen-bond donors (Lipinski definition) is 2. The second-order valence-corrected chi connectivity index (χ2v) is 4.65. The minimum Gasteiger partial charge on any atom is -0.491 e. The van der Waals surface area contributed by atoms with Gasteiger partial charge in [0.15, 0.2) is 0 Å². The Hall–Kier alpha value is -1.63. The van der Waals surface area contributed by atoms with Gasteiger partial charge in [0, 0.05) is 18.1 Å². The Morgan fingerprint density at radius 1 is 1.45 bits per heavy atom. The number of hydrogen-bond acceptors (Lipinski definition) is 5. The minimum atomic E-state index is -0.340. The van der Waals surface area contributed by atoms with Crippen molar-refractivity contribution in [3.05, 3.63) is 29.8 Å². The molecule has 1 aromatic rings. The molecule has 1 heterocycles. The lowest BCUT2D eigenvalue weighted by Crippen LogP contribution is -2.29. The van der Waals surface area contributed by atoms with Gasteiger partial charge in [0.1, 0.15) is 12.4 Å². The number of rotatable bonds is 7. The quantitative estimate of drug-likeness (QED) is 0.333. The molecule has 0 aromatic heterocycles. The van der Waals surface area contributed by atoms with Crippen LogP contribution < -0.4 is 16.0 Å². The van der Waals surface area contributed by atoms with Crippen LogP contribution in [0.1, 0.15) is 16.8 Å². The summed E-state index contributed by atoms with van der Waals surface area (Å²) in [6.07, 6.45) is 1.07. The molecule has 110 valence electrons. The number of carbonyl (C=O) groups is 1. The number of nitrogen functional groups attached to an aromatic ring is 1. The average molecular weight is 280 g/mol. The van der Waals surface area contributed by atoms with Gasteiger partial charge in [-0.2, -0.15) is 0 Å². The third kappa shape index (κ3) is 4.48. The third-order valence-corrected chi connectivity index (χ3v) is 3.10. The highest BCUT2D eigenvalue weighted by atomic mass is 16.5. The van der Waals surface area contributed by atoms with Crippen LogP contribution in [0.15, 0.2) is 24.3 Å². The largest absolute Gasteiger partial charge is 0.491 e. The van der Waals surface area contributed by atoms with Gasteiger partial charge < -0.3 is 14.2 Å². The zero-order chi connectivity index (χ0) is 14.2. The topological polar surface area (TPSA) is 82.8 Å². The van der Waals surface area contributed by atoms with Crippen molar-refractivity contribution in [3.8, 4) is 5.75 Å². The van der Waals surface area contributed by atoms with Gasteiger partial charge >= 0.3 is 0 Å². The summed E-state index contributed by atoms with van der Waals surface area (Å²) in [6.45, 7) is 3.29. The number of hydrazine groups is 1. The van der Waals surface area contributed by atoms with E-state index >= 15 is 0 Å². The molecule has 6 nitrogen and oxygen atoms in total. The number of nitrogens with two attached hydrogens (primary N) is 1. The first-order valence-corrected chi connectivity index (χ1v) is 6.69. The maximum absolute atomic E-state index is 11.4. The maximum Gasteiger partial charge on any atom is 0.265 e. The number of amides is 1. The highest BCUT2D eigenvalue weighted by molar-refractivity contribution is 5.94. The zero-order valence-electron chi connectivity index (χ0n) is 11.3. The zero-order valence-corrected chi connectivity index (χ0v) is 11.3. The van der Waals surface area contributed by atoms with Crippen LogP contribution in [0.25, 0.3) is 0 Å². The van der Waals surface area contributed by atoms with Crippen molar-refractivity contribution in [2.45, 2.75) is 6.42 Å². The van der Waals surface area contributed by atoms with Crippen molar-refractivity contribution < 1.29 is 19.0 Å². The Morgan fingerprint density at radius 3 is 3.10 bits per heavy atom. The fourth-order valence-corrected chi connectivity index (χ4v) is 1.99. The van der Waals surface area contributed by atoms with Gasteiger partial charge in [0.05, 0.1) is 19.8 Å². The van der Waals surface area contributed by atoms with E-state index in [1.807, 2.05) is 0 Å². The van der Waals surface area contributed by atoms with Crippen LogP contribution in [0.5, 0.6) is 5.75 Å². The van der Waals surface area contributed by atoms with Crippen molar-refractivity contribution in [2.24, 2.45) is 11.8 Å². The molecular formula is C14H20N2O4. The van der Waals surface area contributed by atoms with Crippen LogP contribution in [0.4, 0.5) is 0 Å². The van der Waals surface area contributed by atoms with Crippen LogP contribution >= 0.6 is 0 Å². The van der Waals surface area contributed by atoms with Crippen molar-refractivity contribution >= 4 is 5.91 Å².